The number of esters is 2. The highest BCUT2D eigenvalue weighted by Crippen LogP contribution is 2.76. The number of rotatable bonds is 3. The lowest BCUT2D eigenvalue weighted by atomic mass is 9.33. The topological polar surface area (TPSA) is 52.6 Å². The molecule has 0 N–H and O–H groups in total. The van der Waals surface area contributed by atoms with Crippen molar-refractivity contribution in [3.63, 3.8) is 0 Å². The van der Waals surface area contributed by atoms with Crippen molar-refractivity contribution in [1.82, 2.24) is 0 Å². The highest BCUT2D eigenvalue weighted by molar-refractivity contribution is 9.10. The van der Waals surface area contributed by atoms with Crippen LogP contribution in [0.25, 0.3) is 0 Å². The number of methoxy groups -OCH3 is 1. The number of fused-ring (bicyclic) bond motifs is 7. The Balaban J connectivity index is 1.32. The molecular weight excluding hydrogens is 600 g/mol. The number of carbonyl (C=O) groups is 2. The molecule has 4 saturated carbocycles. The zero-order chi connectivity index (χ0) is 31.2. The van der Waals surface area contributed by atoms with Crippen LogP contribution >= 0.6 is 15.9 Å². The molecule has 43 heavy (non-hydrogen) atoms. The Kier molecular flexibility index (Phi) is 7.63. The van der Waals surface area contributed by atoms with Gasteiger partial charge in [0.1, 0.15) is 6.10 Å². The summed E-state index contributed by atoms with van der Waals surface area (Å²) in [4.78, 5) is 26.8. The Morgan fingerprint density at radius 1 is 0.860 bits per heavy atom. The van der Waals surface area contributed by atoms with Crippen LogP contribution in [0.3, 0.4) is 0 Å². The number of carbonyl (C=O) groups excluding carboxylic acids is 2. The molecule has 4 fully saturated rings. The SMILES string of the molecule is COC(=O)C12CCC(C)C(C)C1C1=CCC3C4(C)CCC(OC(=O)c5ccc(Br)cc5)C(C)(C)C4CCC3(C)C1(C)CC2. The summed E-state index contributed by atoms with van der Waals surface area (Å²) < 4.78 is 12.8. The quantitative estimate of drug-likeness (QED) is 0.241. The summed E-state index contributed by atoms with van der Waals surface area (Å²) in [5.41, 5.74) is 2.14. The van der Waals surface area contributed by atoms with Gasteiger partial charge >= 0.3 is 11.9 Å². The predicted octanol–water partition coefficient (Wildman–Crippen LogP) is 9.81. The molecule has 0 bridgehead atoms. The van der Waals surface area contributed by atoms with E-state index in [9.17, 15) is 9.59 Å². The molecule has 0 amide bonds. The van der Waals surface area contributed by atoms with E-state index in [1.807, 2.05) is 24.3 Å². The molecule has 4 nitrogen and oxygen atoms in total. The molecule has 5 aliphatic carbocycles. The van der Waals surface area contributed by atoms with Gasteiger partial charge in [-0.3, -0.25) is 4.79 Å². The van der Waals surface area contributed by atoms with Gasteiger partial charge in [0.05, 0.1) is 18.1 Å². The Bertz CT molecular complexity index is 1320. The van der Waals surface area contributed by atoms with Gasteiger partial charge in [-0.1, -0.05) is 76.0 Å². The summed E-state index contributed by atoms with van der Waals surface area (Å²) in [5.74, 6) is 2.23. The fraction of sp³-hybridized carbons (Fsp3) is 0.737. The standard InChI is InChI=1S/C38H53BrO4/c1-23-15-20-38(33(41)42-8)22-21-36(6)27(31(38)24(23)2)13-14-29-35(5)18-17-30(34(3,4)28(35)16-19-37(29,36)7)43-32(40)25-9-11-26(39)12-10-25/h9-13,23-24,28-31H,14-22H2,1-8H3. The van der Waals surface area contributed by atoms with Gasteiger partial charge in [0.15, 0.2) is 0 Å². The Hall–Kier alpha value is -1.62. The maximum atomic E-state index is 13.6. The average Bonchev–Trinajstić information content (AvgIpc) is 2.96. The minimum absolute atomic E-state index is 0.0277. The summed E-state index contributed by atoms with van der Waals surface area (Å²) in [6.45, 7) is 17.3. The maximum absolute atomic E-state index is 13.6. The van der Waals surface area contributed by atoms with Crippen molar-refractivity contribution in [3.05, 3.63) is 46.0 Å². The lowest BCUT2D eigenvalue weighted by molar-refractivity contribution is -0.207. The molecule has 236 valence electrons. The molecule has 1 aromatic rings. The molecule has 10 unspecified atom stereocenters. The number of hydrogen-bond donors (Lipinski definition) is 0. The van der Waals surface area contributed by atoms with Crippen molar-refractivity contribution in [1.29, 1.82) is 0 Å². The van der Waals surface area contributed by atoms with E-state index in [1.54, 1.807) is 12.7 Å². The highest BCUT2D eigenvalue weighted by atomic mass is 79.9. The van der Waals surface area contributed by atoms with E-state index in [4.69, 9.17) is 9.47 Å². The van der Waals surface area contributed by atoms with Gasteiger partial charge in [-0.25, -0.2) is 4.79 Å². The van der Waals surface area contributed by atoms with Crippen LogP contribution in [0.2, 0.25) is 0 Å². The second-order valence-electron chi connectivity index (χ2n) is 16.6. The first-order chi connectivity index (χ1) is 20.2. The lowest BCUT2D eigenvalue weighted by Gasteiger charge is -2.71. The van der Waals surface area contributed by atoms with Gasteiger partial charge in [-0.2, -0.15) is 0 Å². The number of allylic oxidation sites excluding steroid dienone is 2. The number of ether oxygens (including phenoxy) is 2. The zero-order valence-corrected chi connectivity index (χ0v) is 29.3. The van der Waals surface area contributed by atoms with E-state index in [1.165, 1.54) is 6.42 Å². The monoisotopic (exact) mass is 652 g/mol. The van der Waals surface area contributed by atoms with Gasteiger partial charge in [-0.05, 0) is 128 Å². The van der Waals surface area contributed by atoms with Crippen LogP contribution in [0.4, 0.5) is 0 Å². The Morgan fingerprint density at radius 3 is 2.23 bits per heavy atom. The van der Waals surface area contributed by atoms with E-state index in [0.717, 1.165) is 55.8 Å². The van der Waals surface area contributed by atoms with Crippen LogP contribution < -0.4 is 0 Å². The van der Waals surface area contributed by atoms with Crippen molar-refractivity contribution in [2.45, 2.75) is 112 Å². The lowest BCUT2D eigenvalue weighted by Crippen LogP contribution is -2.65. The zero-order valence-electron chi connectivity index (χ0n) is 27.7. The van der Waals surface area contributed by atoms with Gasteiger partial charge < -0.3 is 9.47 Å². The molecule has 0 aliphatic heterocycles. The molecule has 5 heteroatoms. The fourth-order valence-electron chi connectivity index (χ4n) is 12.0. The largest absolute Gasteiger partial charge is 0.469 e. The van der Waals surface area contributed by atoms with Crippen molar-refractivity contribution >= 4 is 27.9 Å². The van der Waals surface area contributed by atoms with Gasteiger partial charge in [0.2, 0.25) is 0 Å². The summed E-state index contributed by atoms with van der Waals surface area (Å²) in [6, 6.07) is 7.50. The molecular formula is C38H53BrO4. The fourth-order valence-corrected chi connectivity index (χ4v) is 12.3. The highest BCUT2D eigenvalue weighted by Gasteiger charge is 2.70. The maximum Gasteiger partial charge on any atom is 0.338 e. The number of hydrogen-bond acceptors (Lipinski definition) is 4. The summed E-state index contributed by atoms with van der Waals surface area (Å²) in [5, 5.41) is 0. The molecule has 0 heterocycles. The first-order valence-electron chi connectivity index (χ1n) is 16.9. The average molecular weight is 654 g/mol. The molecule has 0 radical (unpaired) electrons. The third-order valence-electron chi connectivity index (χ3n) is 14.8. The van der Waals surface area contributed by atoms with Crippen molar-refractivity contribution < 1.29 is 19.1 Å². The van der Waals surface area contributed by atoms with E-state index in [0.29, 0.717) is 29.2 Å². The van der Waals surface area contributed by atoms with Gasteiger partial charge in [0.25, 0.3) is 0 Å². The van der Waals surface area contributed by atoms with Crippen LogP contribution in [-0.2, 0) is 14.3 Å². The molecule has 0 aromatic heterocycles. The Morgan fingerprint density at radius 2 is 1.56 bits per heavy atom. The van der Waals surface area contributed by atoms with Gasteiger partial charge in [0, 0.05) is 9.89 Å². The second-order valence-corrected chi connectivity index (χ2v) is 17.5. The minimum Gasteiger partial charge on any atom is -0.469 e. The smallest absolute Gasteiger partial charge is 0.338 e. The molecule has 0 saturated heterocycles. The summed E-state index contributed by atoms with van der Waals surface area (Å²) in [6.07, 6.45) is 12.0. The molecule has 0 spiro atoms. The van der Waals surface area contributed by atoms with Crippen LogP contribution in [0.1, 0.15) is 117 Å². The van der Waals surface area contributed by atoms with Crippen LogP contribution in [-0.4, -0.2) is 25.2 Å². The minimum atomic E-state index is -0.366. The number of benzene rings is 1. The van der Waals surface area contributed by atoms with E-state index >= 15 is 0 Å². The summed E-state index contributed by atoms with van der Waals surface area (Å²) >= 11 is 3.47. The third kappa shape index (κ3) is 4.32. The molecule has 10 atom stereocenters. The number of halogens is 1. The van der Waals surface area contributed by atoms with Gasteiger partial charge in [-0.15, -0.1) is 0 Å². The normalized spacial score (nSPS) is 44.9. The Labute approximate surface area is 268 Å². The van der Waals surface area contributed by atoms with E-state index < -0.39 is 0 Å². The first-order valence-corrected chi connectivity index (χ1v) is 17.7. The summed E-state index contributed by atoms with van der Waals surface area (Å²) in [7, 11) is 1.59. The van der Waals surface area contributed by atoms with Crippen molar-refractivity contribution in [2.24, 2.45) is 56.7 Å². The predicted molar refractivity (Wildman–Crippen MR) is 174 cm³/mol. The molecule has 1 aromatic carbocycles. The van der Waals surface area contributed by atoms with E-state index in [2.05, 4.69) is 70.5 Å². The molecule has 5 aliphatic rings. The van der Waals surface area contributed by atoms with Crippen molar-refractivity contribution in [3.8, 4) is 0 Å². The van der Waals surface area contributed by atoms with E-state index in [-0.39, 0.29) is 51.0 Å². The van der Waals surface area contributed by atoms with Crippen LogP contribution in [0.5, 0.6) is 0 Å². The van der Waals surface area contributed by atoms with Crippen molar-refractivity contribution in [2.75, 3.05) is 7.11 Å². The molecule has 6 rings (SSSR count). The second kappa shape index (κ2) is 10.5. The first kappa shape index (κ1) is 31.4. The third-order valence-corrected chi connectivity index (χ3v) is 15.4. The van der Waals surface area contributed by atoms with Crippen LogP contribution in [0.15, 0.2) is 40.4 Å². The van der Waals surface area contributed by atoms with Crippen LogP contribution in [0, 0.1) is 56.7 Å².